The van der Waals surface area contributed by atoms with E-state index in [4.69, 9.17) is 11.1 Å². The third-order valence-electron chi connectivity index (χ3n) is 2.19. The first-order valence-corrected chi connectivity index (χ1v) is 4.56. The highest BCUT2D eigenvalue weighted by atomic mass is 15.2. The number of amidine groups is 1. The number of aromatic nitrogens is 1. The van der Waals surface area contributed by atoms with E-state index in [0.29, 0.717) is 11.6 Å². The van der Waals surface area contributed by atoms with Crippen LogP contribution < -0.4 is 10.6 Å². The van der Waals surface area contributed by atoms with Gasteiger partial charge in [-0.2, -0.15) is 0 Å². The van der Waals surface area contributed by atoms with E-state index in [1.165, 1.54) is 0 Å². The topological polar surface area (TPSA) is 66.0 Å². The molecule has 0 aliphatic carbocycles. The number of nitrogens with one attached hydrogen (secondary N) is 1. The van der Waals surface area contributed by atoms with Gasteiger partial charge in [0, 0.05) is 19.3 Å². The van der Waals surface area contributed by atoms with Gasteiger partial charge in [-0.25, -0.2) is 4.98 Å². The molecular formula is C10H16N4. The van der Waals surface area contributed by atoms with Crippen molar-refractivity contribution < 1.29 is 0 Å². The van der Waals surface area contributed by atoms with E-state index in [-0.39, 0.29) is 5.84 Å². The van der Waals surface area contributed by atoms with E-state index in [9.17, 15) is 0 Å². The summed E-state index contributed by atoms with van der Waals surface area (Å²) in [6.45, 7) is 4.14. The first kappa shape index (κ1) is 10.5. The van der Waals surface area contributed by atoms with Crippen molar-refractivity contribution in [1.82, 2.24) is 4.98 Å². The Morgan fingerprint density at radius 1 is 1.57 bits per heavy atom. The number of nitrogens with two attached hydrogens (primary N) is 1. The van der Waals surface area contributed by atoms with E-state index in [1.807, 2.05) is 18.0 Å². The standard InChI is InChI=1S/C10H16N4/c1-7(2)14(3)10-8(9(11)12)5-4-6-13-10/h4-7H,1-3H3,(H3,11,12). The summed E-state index contributed by atoms with van der Waals surface area (Å²) in [5, 5.41) is 7.42. The maximum atomic E-state index is 7.42. The third kappa shape index (κ3) is 2.02. The Kier molecular flexibility index (Phi) is 3.06. The van der Waals surface area contributed by atoms with Gasteiger partial charge >= 0.3 is 0 Å². The van der Waals surface area contributed by atoms with E-state index < -0.39 is 0 Å². The van der Waals surface area contributed by atoms with Crippen LogP contribution in [0.3, 0.4) is 0 Å². The molecule has 0 radical (unpaired) electrons. The van der Waals surface area contributed by atoms with Gasteiger partial charge in [0.2, 0.25) is 0 Å². The Hall–Kier alpha value is -1.58. The maximum Gasteiger partial charge on any atom is 0.139 e. The second-order valence-electron chi connectivity index (χ2n) is 3.49. The fourth-order valence-corrected chi connectivity index (χ4v) is 1.13. The van der Waals surface area contributed by atoms with Crippen LogP contribution in [0.25, 0.3) is 0 Å². The Morgan fingerprint density at radius 2 is 2.21 bits per heavy atom. The molecule has 0 spiro atoms. The van der Waals surface area contributed by atoms with Crippen molar-refractivity contribution in [1.29, 1.82) is 5.41 Å². The molecule has 1 aromatic rings. The molecule has 0 aliphatic rings. The Labute approximate surface area is 84.3 Å². The van der Waals surface area contributed by atoms with Crippen LogP contribution in [0.4, 0.5) is 5.82 Å². The van der Waals surface area contributed by atoms with Gasteiger partial charge in [-0.1, -0.05) is 0 Å². The van der Waals surface area contributed by atoms with Crippen LogP contribution >= 0.6 is 0 Å². The summed E-state index contributed by atoms with van der Waals surface area (Å²) in [5.41, 5.74) is 6.15. The van der Waals surface area contributed by atoms with Crippen molar-refractivity contribution in [2.24, 2.45) is 5.73 Å². The molecule has 1 heterocycles. The largest absolute Gasteiger partial charge is 0.384 e. The predicted molar refractivity (Wildman–Crippen MR) is 58.8 cm³/mol. The predicted octanol–water partition coefficient (Wildman–Crippen LogP) is 1.21. The molecule has 14 heavy (non-hydrogen) atoms. The average molecular weight is 192 g/mol. The number of nitrogen functional groups attached to an aromatic ring is 1. The first-order valence-electron chi connectivity index (χ1n) is 4.56. The van der Waals surface area contributed by atoms with Crippen molar-refractivity contribution in [3.63, 3.8) is 0 Å². The third-order valence-corrected chi connectivity index (χ3v) is 2.19. The molecule has 4 nitrogen and oxygen atoms in total. The highest BCUT2D eigenvalue weighted by molar-refractivity contribution is 5.99. The highest BCUT2D eigenvalue weighted by Crippen LogP contribution is 2.16. The van der Waals surface area contributed by atoms with Crippen molar-refractivity contribution in [3.05, 3.63) is 23.9 Å². The van der Waals surface area contributed by atoms with Crippen LogP contribution in [-0.2, 0) is 0 Å². The second-order valence-corrected chi connectivity index (χ2v) is 3.49. The molecule has 0 aromatic carbocycles. The van der Waals surface area contributed by atoms with E-state index >= 15 is 0 Å². The monoisotopic (exact) mass is 192 g/mol. The zero-order valence-corrected chi connectivity index (χ0v) is 8.78. The van der Waals surface area contributed by atoms with E-state index in [2.05, 4.69) is 18.8 Å². The number of hydrogen-bond donors (Lipinski definition) is 2. The SMILES string of the molecule is CC(C)N(C)c1ncccc1C(=N)N. The molecule has 0 fully saturated rings. The van der Waals surface area contributed by atoms with Gasteiger partial charge in [0.25, 0.3) is 0 Å². The summed E-state index contributed by atoms with van der Waals surface area (Å²) in [7, 11) is 1.94. The molecule has 4 heteroatoms. The van der Waals surface area contributed by atoms with Crippen LogP contribution in [0.5, 0.6) is 0 Å². The molecule has 0 saturated heterocycles. The van der Waals surface area contributed by atoms with Gasteiger partial charge in [-0.05, 0) is 26.0 Å². The Morgan fingerprint density at radius 3 is 2.71 bits per heavy atom. The summed E-state index contributed by atoms with van der Waals surface area (Å²) in [4.78, 5) is 6.22. The molecule has 0 unspecified atom stereocenters. The molecule has 0 atom stereocenters. The lowest BCUT2D eigenvalue weighted by molar-refractivity contribution is 0.742. The molecule has 76 valence electrons. The summed E-state index contributed by atoms with van der Waals surface area (Å²) >= 11 is 0. The van der Waals surface area contributed by atoms with Crippen molar-refractivity contribution >= 4 is 11.7 Å². The normalized spacial score (nSPS) is 10.3. The van der Waals surface area contributed by atoms with Crippen LogP contribution in [0.2, 0.25) is 0 Å². The van der Waals surface area contributed by atoms with Crippen LogP contribution in [-0.4, -0.2) is 23.9 Å². The Bertz CT molecular complexity index is 333. The fourth-order valence-electron chi connectivity index (χ4n) is 1.13. The average Bonchev–Trinajstić information content (AvgIpc) is 2.16. The van der Waals surface area contributed by atoms with E-state index in [0.717, 1.165) is 5.82 Å². The zero-order chi connectivity index (χ0) is 10.7. The number of rotatable bonds is 3. The smallest absolute Gasteiger partial charge is 0.139 e. The minimum Gasteiger partial charge on any atom is -0.384 e. The van der Waals surface area contributed by atoms with Gasteiger partial charge in [0.1, 0.15) is 11.7 Å². The summed E-state index contributed by atoms with van der Waals surface area (Å²) < 4.78 is 0. The van der Waals surface area contributed by atoms with Crippen LogP contribution in [0.15, 0.2) is 18.3 Å². The highest BCUT2D eigenvalue weighted by Gasteiger charge is 2.12. The minimum absolute atomic E-state index is 0.0561. The van der Waals surface area contributed by atoms with Crippen molar-refractivity contribution in [2.75, 3.05) is 11.9 Å². The van der Waals surface area contributed by atoms with Crippen LogP contribution in [0, 0.1) is 5.41 Å². The van der Waals surface area contributed by atoms with Crippen LogP contribution in [0.1, 0.15) is 19.4 Å². The molecule has 0 saturated carbocycles. The molecule has 0 aliphatic heterocycles. The molecule has 0 bridgehead atoms. The summed E-state index contributed by atoms with van der Waals surface area (Å²) in [6, 6.07) is 3.93. The lowest BCUT2D eigenvalue weighted by Gasteiger charge is -2.24. The zero-order valence-electron chi connectivity index (χ0n) is 8.78. The van der Waals surface area contributed by atoms with Gasteiger partial charge in [-0.15, -0.1) is 0 Å². The molecule has 3 N–H and O–H groups in total. The van der Waals surface area contributed by atoms with Gasteiger partial charge in [0.15, 0.2) is 0 Å². The number of hydrogen-bond acceptors (Lipinski definition) is 3. The lowest BCUT2D eigenvalue weighted by Crippen LogP contribution is -2.29. The second kappa shape index (κ2) is 4.09. The van der Waals surface area contributed by atoms with Gasteiger partial charge in [0.05, 0.1) is 5.56 Å². The number of anilines is 1. The maximum absolute atomic E-state index is 7.42. The van der Waals surface area contributed by atoms with E-state index in [1.54, 1.807) is 12.3 Å². The first-order chi connectivity index (χ1) is 6.54. The summed E-state index contributed by atoms with van der Waals surface area (Å²) in [5.74, 6) is 0.815. The molecule has 1 aromatic heterocycles. The van der Waals surface area contributed by atoms with Gasteiger partial charge < -0.3 is 10.6 Å². The van der Waals surface area contributed by atoms with Gasteiger partial charge in [-0.3, -0.25) is 5.41 Å². The van der Waals surface area contributed by atoms with Crippen molar-refractivity contribution in [2.45, 2.75) is 19.9 Å². The quantitative estimate of drug-likeness (QED) is 0.559. The summed E-state index contributed by atoms with van der Waals surface area (Å²) in [6.07, 6.45) is 1.71. The fraction of sp³-hybridized carbons (Fsp3) is 0.400. The molecule has 0 amide bonds. The Balaban J connectivity index is 3.13. The molecular weight excluding hydrogens is 176 g/mol. The lowest BCUT2D eigenvalue weighted by atomic mass is 10.2. The van der Waals surface area contributed by atoms with Crippen molar-refractivity contribution in [3.8, 4) is 0 Å². The number of pyridine rings is 1. The molecule has 1 rings (SSSR count). The minimum atomic E-state index is 0.0561. The number of nitrogens with zero attached hydrogens (tertiary/aromatic N) is 2.